The lowest BCUT2D eigenvalue weighted by molar-refractivity contribution is 0.278. The Labute approximate surface area is 71.1 Å². The van der Waals surface area contributed by atoms with E-state index in [4.69, 9.17) is 0 Å². The zero-order chi connectivity index (χ0) is 8.85. The molecule has 0 radical (unpaired) electrons. The summed E-state index contributed by atoms with van der Waals surface area (Å²) in [4.78, 5) is 2.38. The molecule has 0 atom stereocenters. The summed E-state index contributed by atoms with van der Waals surface area (Å²) in [6.45, 7) is 14.0. The lowest BCUT2D eigenvalue weighted by Crippen LogP contribution is -2.30. The van der Waals surface area contributed by atoms with Gasteiger partial charge in [0.15, 0.2) is 0 Å². The molecule has 0 aliphatic rings. The molecule has 0 aromatic heterocycles. The van der Waals surface area contributed by atoms with Crippen LogP contribution < -0.4 is 0 Å². The van der Waals surface area contributed by atoms with Crippen LogP contribution in [0.2, 0.25) is 0 Å². The highest BCUT2D eigenvalue weighted by atomic mass is 15.2. The molecule has 1 nitrogen and oxygen atoms in total. The molecule has 11 heavy (non-hydrogen) atoms. The third-order valence-electron chi connectivity index (χ3n) is 1.90. The fourth-order valence-corrected chi connectivity index (χ4v) is 1.23. The maximum Gasteiger partial charge on any atom is 0.0230 e. The predicted octanol–water partition coefficient (Wildman–Crippen LogP) is 3.03. The molecule has 0 saturated carbocycles. The largest absolute Gasteiger partial charge is 0.373 e. The van der Waals surface area contributed by atoms with Gasteiger partial charge in [0.05, 0.1) is 0 Å². The van der Waals surface area contributed by atoms with Crippen LogP contribution in [-0.2, 0) is 0 Å². The van der Waals surface area contributed by atoms with Gasteiger partial charge in [-0.15, -0.1) is 0 Å². The second-order valence-corrected chi connectivity index (χ2v) is 3.21. The van der Waals surface area contributed by atoms with E-state index in [0.29, 0.717) is 6.04 Å². The van der Waals surface area contributed by atoms with Crippen LogP contribution in [0.15, 0.2) is 12.3 Å². The molecule has 0 spiro atoms. The Kier molecular flexibility index (Phi) is 5.01. The standard InChI is InChI=1S/C10H21N/c1-6-8-11(9(3)4)10(5)7-2/h9H,5-8H2,1-4H3. The van der Waals surface area contributed by atoms with E-state index in [1.54, 1.807) is 0 Å². The van der Waals surface area contributed by atoms with Crippen LogP contribution in [0.1, 0.15) is 40.5 Å². The third-order valence-corrected chi connectivity index (χ3v) is 1.90. The molecule has 1 heteroatoms. The number of rotatable bonds is 5. The Morgan fingerprint density at radius 1 is 1.36 bits per heavy atom. The molecule has 0 aromatic carbocycles. The summed E-state index contributed by atoms with van der Waals surface area (Å²) >= 11 is 0. The first-order valence-corrected chi connectivity index (χ1v) is 4.57. The fourth-order valence-electron chi connectivity index (χ4n) is 1.23. The lowest BCUT2D eigenvalue weighted by Gasteiger charge is -2.29. The van der Waals surface area contributed by atoms with Crippen LogP contribution in [0.5, 0.6) is 0 Å². The van der Waals surface area contributed by atoms with Gasteiger partial charge in [-0.3, -0.25) is 0 Å². The van der Waals surface area contributed by atoms with Gasteiger partial charge < -0.3 is 4.90 Å². The molecular formula is C10H21N. The van der Waals surface area contributed by atoms with Gasteiger partial charge in [-0.05, 0) is 26.7 Å². The van der Waals surface area contributed by atoms with Crippen molar-refractivity contribution in [2.45, 2.75) is 46.6 Å². The van der Waals surface area contributed by atoms with E-state index in [1.807, 2.05) is 0 Å². The minimum Gasteiger partial charge on any atom is -0.373 e. The van der Waals surface area contributed by atoms with E-state index in [2.05, 4.69) is 39.2 Å². The second-order valence-electron chi connectivity index (χ2n) is 3.21. The van der Waals surface area contributed by atoms with Crippen LogP contribution in [0.3, 0.4) is 0 Å². The van der Waals surface area contributed by atoms with Gasteiger partial charge >= 0.3 is 0 Å². The SMILES string of the molecule is C=C(CC)N(CCC)C(C)C. The highest BCUT2D eigenvalue weighted by Gasteiger charge is 2.07. The van der Waals surface area contributed by atoms with Crippen molar-refractivity contribution in [3.05, 3.63) is 12.3 Å². The molecule has 0 amide bonds. The molecular weight excluding hydrogens is 134 g/mol. The van der Waals surface area contributed by atoms with Crippen molar-refractivity contribution in [2.75, 3.05) is 6.54 Å². The summed E-state index contributed by atoms with van der Waals surface area (Å²) in [5.74, 6) is 0. The van der Waals surface area contributed by atoms with Gasteiger partial charge in [0.25, 0.3) is 0 Å². The van der Waals surface area contributed by atoms with Crippen molar-refractivity contribution in [1.82, 2.24) is 4.90 Å². The van der Waals surface area contributed by atoms with Crippen LogP contribution in [0.4, 0.5) is 0 Å². The summed E-state index contributed by atoms with van der Waals surface area (Å²) in [6.07, 6.45) is 2.27. The van der Waals surface area contributed by atoms with Gasteiger partial charge in [0.2, 0.25) is 0 Å². The molecule has 66 valence electrons. The molecule has 0 N–H and O–H groups in total. The molecule has 0 rings (SSSR count). The maximum atomic E-state index is 4.04. The van der Waals surface area contributed by atoms with Gasteiger partial charge in [-0.2, -0.15) is 0 Å². The smallest absolute Gasteiger partial charge is 0.0230 e. The Morgan fingerprint density at radius 2 is 1.91 bits per heavy atom. The average Bonchev–Trinajstić information content (AvgIpc) is 1.98. The summed E-state index contributed by atoms with van der Waals surface area (Å²) in [6, 6.07) is 0.599. The highest BCUT2D eigenvalue weighted by molar-refractivity contribution is 4.93. The monoisotopic (exact) mass is 155 g/mol. The Morgan fingerprint density at radius 3 is 2.18 bits per heavy atom. The molecule has 0 aliphatic heterocycles. The van der Waals surface area contributed by atoms with Crippen molar-refractivity contribution < 1.29 is 0 Å². The Balaban J connectivity index is 3.98. The van der Waals surface area contributed by atoms with Crippen LogP contribution in [0.25, 0.3) is 0 Å². The summed E-state index contributed by atoms with van der Waals surface area (Å²) in [5.41, 5.74) is 1.27. The number of allylic oxidation sites excluding steroid dienone is 1. The molecule has 0 unspecified atom stereocenters. The van der Waals surface area contributed by atoms with Gasteiger partial charge in [-0.1, -0.05) is 20.4 Å². The van der Waals surface area contributed by atoms with E-state index in [9.17, 15) is 0 Å². The number of hydrogen-bond donors (Lipinski definition) is 0. The quantitative estimate of drug-likeness (QED) is 0.590. The molecule has 0 aromatic rings. The molecule has 0 fully saturated rings. The van der Waals surface area contributed by atoms with Crippen molar-refractivity contribution in [3.63, 3.8) is 0 Å². The summed E-state index contributed by atoms with van der Waals surface area (Å²) in [7, 11) is 0. The van der Waals surface area contributed by atoms with Crippen LogP contribution in [-0.4, -0.2) is 17.5 Å². The van der Waals surface area contributed by atoms with Gasteiger partial charge in [-0.25, -0.2) is 0 Å². The van der Waals surface area contributed by atoms with E-state index < -0.39 is 0 Å². The first-order valence-electron chi connectivity index (χ1n) is 4.57. The van der Waals surface area contributed by atoms with E-state index >= 15 is 0 Å². The Bertz CT molecular complexity index is 116. The molecule has 0 heterocycles. The number of nitrogens with zero attached hydrogens (tertiary/aromatic N) is 1. The van der Waals surface area contributed by atoms with Crippen molar-refractivity contribution >= 4 is 0 Å². The van der Waals surface area contributed by atoms with Crippen molar-refractivity contribution in [1.29, 1.82) is 0 Å². The minimum atomic E-state index is 0.599. The predicted molar refractivity (Wildman–Crippen MR) is 51.6 cm³/mol. The molecule has 0 saturated heterocycles. The Hall–Kier alpha value is -0.460. The van der Waals surface area contributed by atoms with Crippen LogP contribution >= 0.6 is 0 Å². The summed E-state index contributed by atoms with van der Waals surface area (Å²) < 4.78 is 0. The van der Waals surface area contributed by atoms with E-state index in [-0.39, 0.29) is 0 Å². The topological polar surface area (TPSA) is 3.24 Å². The van der Waals surface area contributed by atoms with Crippen molar-refractivity contribution in [2.24, 2.45) is 0 Å². The highest BCUT2D eigenvalue weighted by Crippen LogP contribution is 2.10. The third kappa shape index (κ3) is 3.45. The maximum absolute atomic E-state index is 4.04. The van der Waals surface area contributed by atoms with Gasteiger partial charge in [0.1, 0.15) is 0 Å². The molecule has 0 bridgehead atoms. The summed E-state index contributed by atoms with van der Waals surface area (Å²) in [5, 5.41) is 0. The van der Waals surface area contributed by atoms with E-state index in [1.165, 1.54) is 12.1 Å². The average molecular weight is 155 g/mol. The van der Waals surface area contributed by atoms with Crippen LogP contribution in [0, 0.1) is 0 Å². The number of hydrogen-bond acceptors (Lipinski definition) is 1. The fraction of sp³-hybridized carbons (Fsp3) is 0.800. The normalized spacial score (nSPS) is 10.3. The first-order chi connectivity index (χ1) is 5.13. The molecule has 0 aliphatic carbocycles. The zero-order valence-corrected chi connectivity index (χ0v) is 8.35. The van der Waals surface area contributed by atoms with E-state index in [0.717, 1.165) is 13.0 Å². The van der Waals surface area contributed by atoms with Gasteiger partial charge in [0, 0.05) is 18.3 Å². The first kappa shape index (κ1) is 10.5. The lowest BCUT2D eigenvalue weighted by atomic mass is 10.2. The van der Waals surface area contributed by atoms with Crippen molar-refractivity contribution in [3.8, 4) is 0 Å². The zero-order valence-electron chi connectivity index (χ0n) is 8.35. The minimum absolute atomic E-state index is 0.599. The second kappa shape index (κ2) is 5.22.